The minimum Gasteiger partial charge on any atom is -0.440 e. The molecular weight excluding hydrogens is 354 g/mol. The number of halogens is 1. The standard InChI is InChI=1S/C19H16ClN3O3/c20-14-4-1-12(2-5-14)9-18-22-15-10-13(3-6-16(15)26-18)19(25)23-8-7-21-17(24)11-23/h1-6,10H,7-9,11H2,(H,21,24). The Kier molecular flexibility index (Phi) is 4.34. The van der Waals surface area contributed by atoms with Gasteiger partial charge in [-0.25, -0.2) is 4.98 Å². The van der Waals surface area contributed by atoms with E-state index < -0.39 is 0 Å². The molecule has 7 heteroatoms. The molecule has 1 aliphatic rings. The van der Waals surface area contributed by atoms with Crippen molar-refractivity contribution in [2.75, 3.05) is 19.6 Å². The molecule has 1 aliphatic heterocycles. The van der Waals surface area contributed by atoms with Crippen molar-refractivity contribution < 1.29 is 14.0 Å². The average Bonchev–Trinajstić information content (AvgIpc) is 3.04. The summed E-state index contributed by atoms with van der Waals surface area (Å²) >= 11 is 5.90. The Balaban J connectivity index is 1.56. The number of aromatic nitrogens is 1. The van der Waals surface area contributed by atoms with E-state index >= 15 is 0 Å². The number of nitrogens with one attached hydrogen (secondary N) is 1. The highest BCUT2D eigenvalue weighted by Crippen LogP contribution is 2.21. The molecule has 4 rings (SSSR count). The van der Waals surface area contributed by atoms with Gasteiger partial charge >= 0.3 is 0 Å². The molecule has 0 spiro atoms. The molecule has 1 saturated heterocycles. The third-order valence-corrected chi connectivity index (χ3v) is 4.52. The third-order valence-electron chi connectivity index (χ3n) is 4.27. The molecule has 0 unspecified atom stereocenters. The summed E-state index contributed by atoms with van der Waals surface area (Å²) in [6.07, 6.45) is 0.543. The van der Waals surface area contributed by atoms with E-state index in [0.717, 1.165) is 5.56 Å². The third kappa shape index (κ3) is 3.41. The lowest BCUT2D eigenvalue weighted by Crippen LogP contribution is -2.49. The van der Waals surface area contributed by atoms with Crippen LogP contribution in [0.4, 0.5) is 0 Å². The highest BCUT2D eigenvalue weighted by atomic mass is 35.5. The number of rotatable bonds is 3. The molecule has 2 amide bonds. The normalized spacial score (nSPS) is 14.5. The summed E-state index contributed by atoms with van der Waals surface area (Å²) in [4.78, 5) is 30.1. The second-order valence-corrected chi connectivity index (χ2v) is 6.61. The zero-order valence-electron chi connectivity index (χ0n) is 13.9. The Labute approximate surface area is 154 Å². The van der Waals surface area contributed by atoms with Gasteiger partial charge in [0.1, 0.15) is 5.52 Å². The molecule has 0 bridgehead atoms. The Morgan fingerprint density at radius 2 is 2.04 bits per heavy atom. The van der Waals surface area contributed by atoms with Gasteiger partial charge in [0.2, 0.25) is 5.91 Å². The van der Waals surface area contributed by atoms with Gasteiger partial charge in [-0.15, -0.1) is 0 Å². The molecule has 1 fully saturated rings. The predicted molar refractivity (Wildman–Crippen MR) is 97.2 cm³/mol. The first kappa shape index (κ1) is 16.6. The van der Waals surface area contributed by atoms with Crippen molar-refractivity contribution in [3.05, 3.63) is 64.5 Å². The number of hydrogen-bond acceptors (Lipinski definition) is 4. The number of oxazole rings is 1. The van der Waals surface area contributed by atoms with E-state index in [1.165, 1.54) is 4.90 Å². The number of carbonyl (C=O) groups is 2. The molecule has 1 N–H and O–H groups in total. The number of nitrogens with zero attached hydrogens (tertiary/aromatic N) is 2. The van der Waals surface area contributed by atoms with Gasteiger partial charge in [-0.05, 0) is 35.9 Å². The van der Waals surface area contributed by atoms with Crippen LogP contribution >= 0.6 is 11.6 Å². The lowest BCUT2D eigenvalue weighted by molar-refractivity contribution is -0.123. The van der Waals surface area contributed by atoms with Gasteiger partial charge < -0.3 is 14.6 Å². The second kappa shape index (κ2) is 6.80. The van der Waals surface area contributed by atoms with Gasteiger partial charge in [-0.2, -0.15) is 0 Å². The van der Waals surface area contributed by atoms with Gasteiger partial charge in [-0.1, -0.05) is 23.7 Å². The maximum atomic E-state index is 12.6. The van der Waals surface area contributed by atoms with Crippen molar-refractivity contribution in [2.24, 2.45) is 0 Å². The van der Waals surface area contributed by atoms with Crippen LogP contribution in [0.2, 0.25) is 5.02 Å². The smallest absolute Gasteiger partial charge is 0.254 e. The molecule has 132 valence electrons. The van der Waals surface area contributed by atoms with Crippen molar-refractivity contribution in [2.45, 2.75) is 6.42 Å². The largest absolute Gasteiger partial charge is 0.440 e. The average molecular weight is 370 g/mol. The first-order valence-corrected chi connectivity index (χ1v) is 8.66. The van der Waals surface area contributed by atoms with Crippen molar-refractivity contribution in [1.82, 2.24) is 15.2 Å². The molecule has 2 aromatic carbocycles. The van der Waals surface area contributed by atoms with Crippen LogP contribution in [-0.4, -0.2) is 41.3 Å². The van der Waals surface area contributed by atoms with E-state index in [4.69, 9.17) is 16.0 Å². The van der Waals surface area contributed by atoms with E-state index in [1.54, 1.807) is 18.2 Å². The van der Waals surface area contributed by atoms with E-state index in [0.29, 0.717) is 47.1 Å². The second-order valence-electron chi connectivity index (χ2n) is 6.17. The van der Waals surface area contributed by atoms with Crippen molar-refractivity contribution in [1.29, 1.82) is 0 Å². The quantitative estimate of drug-likeness (QED) is 0.770. The Bertz CT molecular complexity index is 981. The lowest BCUT2D eigenvalue weighted by Gasteiger charge is -2.26. The van der Waals surface area contributed by atoms with Gasteiger partial charge in [0.15, 0.2) is 11.5 Å². The molecule has 0 aliphatic carbocycles. The van der Waals surface area contributed by atoms with Gasteiger partial charge in [0.05, 0.1) is 6.54 Å². The Hall–Kier alpha value is -2.86. The molecule has 0 saturated carbocycles. The number of piperazine rings is 1. The minimum atomic E-state index is -0.177. The molecule has 0 atom stereocenters. The Morgan fingerprint density at radius 1 is 1.23 bits per heavy atom. The summed E-state index contributed by atoms with van der Waals surface area (Å²) in [6, 6.07) is 12.6. The molecule has 26 heavy (non-hydrogen) atoms. The summed E-state index contributed by atoms with van der Waals surface area (Å²) in [5.74, 6) is 0.255. The van der Waals surface area contributed by atoms with Gasteiger partial charge in [0, 0.05) is 30.1 Å². The van der Waals surface area contributed by atoms with E-state index in [9.17, 15) is 9.59 Å². The number of carbonyl (C=O) groups excluding carboxylic acids is 2. The fraction of sp³-hybridized carbons (Fsp3) is 0.211. The van der Waals surface area contributed by atoms with Crippen LogP contribution in [0.25, 0.3) is 11.1 Å². The summed E-state index contributed by atoms with van der Waals surface area (Å²) in [7, 11) is 0. The lowest BCUT2D eigenvalue weighted by atomic mass is 10.1. The zero-order valence-corrected chi connectivity index (χ0v) is 14.6. The van der Waals surface area contributed by atoms with Crippen molar-refractivity contribution in [3.8, 4) is 0 Å². The highest BCUT2D eigenvalue weighted by molar-refractivity contribution is 6.30. The maximum Gasteiger partial charge on any atom is 0.254 e. The van der Waals surface area contributed by atoms with Crippen LogP contribution in [0.15, 0.2) is 46.9 Å². The summed E-state index contributed by atoms with van der Waals surface area (Å²) in [5.41, 5.74) is 2.79. The highest BCUT2D eigenvalue weighted by Gasteiger charge is 2.22. The predicted octanol–water partition coefficient (Wildman–Crippen LogP) is 2.64. The first-order valence-electron chi connectivity index (χ1n) is 8.28. The number of fused-ring (bicyclic) bond motifs is 1. The van der Waals surface area contributed by atoms with Crippen LogP contribution in [-0.2, 0) is 11.2 Å². The first-order chi connectivity index (χ1) is 12.6. The topological polar surface area (TPSA) is 75.4 Å². The molecule has 3 aromatic rings. The summed E-state index contributed by atoms with van der Waals surface area (Å²) in [5, 5.41) is 3.39. The number of hydrogen-bond donors (Lipinski definition) is 1. The Morgan fingerprint density at radius 3 is 2.81 bits per heavy atom. The zero-order chi connectivity index (χ0) is 18.1. The molecule has 0 radical (unpaired) electrons. The van der Waals surface area contributed by atoms with Crippen LogP contribution in [0.1, 0.15) is 21.8 Å². The van der Waals surface area contributed by atoms with E-state index in [1.807, 2.05) is 24.3 Å². The van der Waals surface area contributed by atoms with Gasteiger partial charge in [0.25, 0.3) is 5.91 Å². The maximum absolute atomic E-state index is 12.6. The monoisotopic (exact) mass is 369 g/mol. The fourth-order valence-corrected chi connectivity index (χ4v) is 3.08. The van der Waals surface area contributed by atoms with E-state index in [-0.39, 0.29) is 18.4 Å². The van der Waals surface area contributed by atoms with Crippen molar-refractivity contribution >= 4 is 34.5 Å². The van der Waals surface area contributed by atoms with Crippen LogP contribution in [0, 0.1) is 0 Å². The van der Waals surface area contributed by atoms with Crippen molar-refractivity contribution in [3.63, 3.8) is 0 Å². The molecular formula is C19H16ClN3O3. The van der Waals surface area contributed by atoms with Gasteiger partial charge in [-0.3, -0.25) is 9.59 Å². The van der Waals surface area contributed by atoms with Crippen LogP contribution in [0.3, 0.4) is 0 Å². The SMILES string of the molecule is O=C1CN(C(=O)c2ccc3oc(Cc4ccc(Cl)cc4)nc3c2)CCN1. The van der Waals surface area contributed by atoms with Crippen LogP contribution < -0.4 is 5.32 Å². The number of amides is 2. The molecule has 6 nitrogen and oxygen atoms in total. The molecule has 1 aromatic heterocycles. The minimum absolute atomic E-state index is 0.0809. The molecule has 2 heterocycles. The van der Waals surface area contributed by atoms with E-state index in [2.05, 4.69) is 10.3 Å². The summed E-state index contributed by atoms with van der Waals surface area (Å²) in [6.45, 7) is 1.06. The number of benzene rings is 2. The fourth-order valence-electron chi connectivity index (χ4n) is 2.96. The summed E-state index contributed by atoms with van der Waals surface area (Å²) < 4.78 is 5.77. The van der Waals surface area contributed by atoms with Crippen LogP contribution in [0.5, 0.6) is 0 Å².